The quantitative estimate of drug-likeness (QED) is 0.790. The first-order chi connectivity index (χ1) is 9.65. The van der Waals surface area contributed by atoms with E-state index in [2.05, 4.69) is 31.1 Å². The van der Waals surface area contributed by atoms with Gasteiger partial charge in [-0.25, -0.2) is 0 Å². The SMILES string of the molecule is CCCCN(C(=O)c1cnccc1NCC)C(C)CC. The number of pyridine rings is 1. The first kappa shape index (κ1) is 16.5. The number of hydrogen-bond donors (Lipinski definition) is 1. The molecule has 4 heteroatoms. The molecule has 1 heterocycles. The van der Waals surface area contributed by atoms with Crippen LogP contribution in [-0.2, 0) is 0 Å². The fourth-order valence-electron chi connectivity index (χ4n) is 2.14. The molecule has 112 valence electrons. The molecule has 0 aromatic carbocycles. The highest BCUT2D eigenvalue weighted by Crippen LogP contribution is 2.18. The average Bonchev–Trinajstić information content (AvgIpc) is 2.48. The zero-order valence-electron chi connectivity index (χ0n) is 13.1. The zero-order valence-corrected chi connectivity index (χ0v) is 13.1. The van der Waals surface area contributed by atoms with Gasteiger partial charge in [0.25, 0.3) is 5.91 Å². The molecule has 0 spiro atoms. The molecular weight excluding hydrogens is 250 g/mol. The van der Waals surface area contributed by atoms with E-state index in [9.17, 15) is 4.79 Å². The van der Waals surface area contributed by atoms with Gasteiger partial charge in [0.1, 0.15) is 0 Å². The van der Waals surface area contributed by atoms with Gasteiger partial charge in [0.15, 0.2) is 0 Å². The number of aromatic nitrogens is 1. The summed E-state index contributed by atoms with van der Waals surface area (Å²) in [5.74, 6) is 0.0804. The third-order valence-corrected chi connectivity index (χ3v) is 3.56. The summed E-state index contributed by atoms with van der Waals surface area (Å²) in [5.41, 5.74) is 1.54. The van der Waals surface area contributed by atoms with E-state index in [0.29, 0.717) is 5.56 Å². The molecule has 0 saturated heterocycles. The van der Waals surface area contributed by atoms with Crippen molar-refractivity contribution in [3.8, 4) is 0 Å². The Morgan fingerprint density at radius 3 is 2.75 bits per heavy atom. The highest BCUT2D eigenvalue weighted by molar-refractivity contribution is 5.99. The molecule has 1 amide bonds. The van der Waals surface area contributed by atoms with E-state index in [4.69, 9.17) is 0 Å². The van der Waals surface area contributed by atoms with Gasteiger partial charge in [-0.15, -0.1) is 0 Å². The van der Waals surface area contributed by atoms with E-state index < -0.39 is 0 Å². The van der Waals surface area contributed by atoms with Crippen LogP contribution in [0.5, 0.6) is 0 Å². The largest absolute Gasteiger partial charge is 0.385 e. The summed E-state index contributed by atoms with van der Waals surface area (Å²) in [6.45, 7) is 10.0. The lowest BCUT2D eigenvalue weighted by Gasteiger charge is -2.29. The van der Waals surface area contributed by atoms with Crippen molar-refractivity contribution in [2.24, 2.45) is 0 Å². The lowest BCUT2D eigenvalue weighted by Crippen LogP contribution is -2.39. The second-order valence-electron chi connectivity index (χ2n) is 5.06. The molecule has 0 aliphatic carbocycles. The number of rotatable bonds is 8. The summed E-state index contributed by atoms with van der Waals surface area (Å²) < 4.78 is 0. The summed E-state index contributed by atoms with van der Waals surface area (Å²) in [5, 5.41) is 3.24. The van der Waals surface area contributed by atoms with Crippen molar-refractivity contribution < 1.29 is 4.79 Å². The summed E-state index contributed by atoms with van der Waals surface area (Å²) in [6, 6.07) is 2.12. The van der Waals surface area contributed by atoms with E-state index in [1.165, 1.54) is 0 Å². The first-order valence-corrected chi connectivity index (χ1v) is 7.64. The van der Waals surface area contributed by atoms with Gasteiger partial charge in [0.2, 0.25) is 0 Å². The summed E-state index contributed by atoms with van der Waals surface area (Å²) >= 11 is 0. The maximum Gasteiger partial charge on any atom is 0.257 e. The van der Waals surface area contributed by atoms with Crippen LogP contribution < -0.4 is 5.32 Å². The Morgan fingerprint density at radius 1 is 1.40 bits per heavy atom. The highest BCUT2D eigenvalue weighted by Gasteiger charge is 2.22. The van der Waals surface area contributed by atoms with Crippen molar-refractivity contribution in [1.29, 1.82) is 0 Å². The van der Waals surface area contributed by atoms with Crippen LogP contribution in [0.1, 0.15) is 57.3 Å². The smallest absolute Gasteiger partial charge is 0.257 e. The Morgan fingerprint density at radius 2 is 2.15 bits per heavy atom. The average molecular weight is 277 g/mol. The number of amides is 1. The molecule has 1 unspecified atom stereocenters. The van der Waals surface area contributed by atoms with Crippen LogP contribution in [0.4, 0.5) is 5.69 Å². The highest BCUT2D eigenvalue weighted by atomic mass is 16.2. The number of nitrogens with one attached hydrogen (secondary N) is 1. The van der Waals surface area contributed by atoms with E-state index in [-0.39, 0.29) is 11.9 Å². The van der Waals surface area contributed by atoms with Gasteiger partial charge < -0.3 is 10.2 Å². The molecule has 1 rings (SSSR count). The number of carbonyl (C=O) groups is 1. The van der Waals surface area contributed by atoms with Crippen molar-refractivity contribution in [2.75, 3.05) is 18.4 Å². The van der Waals surface area contributed by atoms with E-state index in [1.54, 1.807) is 12.4 Å². The Kier molecular flexibility index (Phi) is 7.05. The number of carbonyl (C=O) groups excluding carboxylic acids is 1. The molecule has 0 fully saturated rings. The number of anilines is 1. The molecule has 4 nitrogen and oxygen atoms in total. The molecule has 1 atom stereocenters. The zero-order chi connectivity index (χ0) is 15.0. The van der Waals surface area contributed by atoms with Crippen LogP contribution in [0.3, 0.4) is 0 Å². The van der Waals surface area contributed by atoms with Crippen LogP contribution in [0.2, 0.25) is 0 Å². The fraction of sp³-hybridized carbons (Fsp3) is 0.625. The van der Waals surface area contributed by atoms with Gasteiger partial charge in [-0.3, -0.25) is 9.78 Å². The van der Waals surface area contributed by atoms with Crippen molar-refractivity contribution in [3.05, 3.63) is 24.0 Å². The van der Waals surface area contributed by atoms with E-state index >= 15 is 0 Å². The van der Waals surface area contributed by atoms with Crippen molar-refractivity contribution in [2.45, 2.75) is 53.0 Å². The van der Waals surface area contributed by atoms with Gasteiger partial charge in [-0.1, -0.05) is 20.3 Å². The van der Waals surface area contributed by atoms with Crippen molar-refractivity contribution in [1.82, 2.24) is 9.88 Å². The molecular formula is C16H27N3O. The minimum absolute atomic E-state index is 0.0804. The number of nitrogens with zero attached hydrogens (tertiary/aromatic N) is 2. The third kappa shape index (κ3) is 4.22. The molecule has 0 radical (unpaired) electrons. The second-order valence-corrected chi connectivity index (χ2v) is 5.06. The monoisotopic (exact) mass is 277 g/mol. The maximum absolute atomic E-state index is 12.8. The number of unbranched alkanes of at least 4 members (excludes halogenated alkanes) is 1. The minimum Gasteiger partial charge on any atom is -0.385 e. The predicted molar refractivity (Wildman–Crippen MR) is 84.1 cm³/mol. The third-order valence-electron chi connectivity index (χ3n) is 3.56. The molecule has 0 saturated carbocycles. The summed E-state index contributed by atoms with van der Waals surface area (Å²) in [7, 11) is 0. The Hall–Kier alpha value is -1.58. The predicted octanol–water partition coefficient (Wildman–Crippen LogP) is 3.55. The molecule has 0 aliphatic heterocycles. The lowest BCUT2D eigenvalue weighted by molar-refractivity contribution is 0.0686. The van der Waals surface area contributed by atoms with Crippen molar-refractivity contribution in [3.63, 3.8) is 0 Å². The normalized spacial score (nSPS) is 12.0. The van der Waals surface area contributed by atoms with Crippen LogP contribution in [-0.4, -0.2) is 34.9 Å². The standard InChI is InChI=1S/C16H27N3O/c1-5-8-11-19(13(4)6-2)16(20)14-12-17-10-9-15(14)18-7-3/h9-10,12-13H,5-8,11H2,1-4H3,(H,17,18). The molecule has 1 aromatic rings. The van der Waals surface area contributed by atoms with Crippen LogP contribution in [0, 0.1) is 0 Å². The molecule has 1 aromatic heterocycles. The molecule has 1 N–H and O–H groups in total. The Balaban J connectivity index is 2.98. The molecule has 0 bridgehead atoms. The van der Waals surface area contributed by atoms with Gasteiger partial charge >= 0.3 is 0 Å². The Labute approximate surface area is 122 Å². The van der Waals surface area contributed by atoms with E-state index in [1.807, 2.05) is 17.9 Å². The molecule has 0 aliphatic rings. The van der Waals surface area contributed by atoms with Gasteiger partial charge in [0, 0.05) is 31.5 Å². The first-order valence-electron chi connectivity index (χ1n) is 7.64. The lowest BCUT2D eigenvalue weighted by atomic mass is 10.1. The van der Waals surface area contributed by atoms with Crippen LogP contribution in [0.15, 0.2) is 18.5 Å². The van der Waals surface area contributed by atoms with E-state index in [0.717, 1.165) is 38.0 Å². The van der Waals surface area contributed by atoms with Crippen LogP contribution >= 0.6 is 0 Å². The van der Waals surface area contributed by atoms with Gasteiger partial charge in [-0.2, -0.15) is 0 Å². The summed E-state index contributed by atoms with van der Waals surface area (Å²) in [4.78, 5) is 18.9. The van der Waals surface area contributed by atoms with Crippen molar-refractivity contribution >= 4 is 11.6 Å². The van der Waals surface area contributed by atoms with Crippen LogP contribution in [0.25, 0.3) is 0 Å². The second kappa shape index (κ2) is 8.56. The molecule has 20 heavy (non-hydrogen) atoms. The van der Waals surface area contributed by atoms with Gasteiger partial charge in [-0.05, 0) is 32.8 Å². The topological polar surface area (TPSA) is 45.2 Å². The summed E-state index contributed by atoms with van der Waals surface area (Å²) in [6.07, 6.45) is 6.47. The Bertz CT molecular complexity index is 420. The minimum atomic E-state index is 0.0804. The number of hydrogen-bond acceptors (Lipinski definition) is 3. The maximum atomic E-state index is 12.8. The van der Waals surface area contributed by atoms with Gasteiger partial charge in [0.05, 0.1) is 11.3 Å². The fourth-order valence-corrected chi connectivity index (χ4v) is 2.14.